The lowest BCUT2D eigenvalue weighted by atomic mass is 9.89. The van der Waals surface area contributed by atoms with Crippen LogP contribution in [0.15, 0.2) is 61.8 Å². The zero-order chi connectivity index (χ0) is 21.9. The highest BCUT2D eigenvalue weighted by Gasteiger charge is 2.35. The highest BCUT2D eigenvalue weighted by atomic mass is 35.5. The topological polar surface area (TPSA) is 84.7 Å². The van der Waals surface area contributed by atoms with Gasteiger partial charge in [-0.1, -0.05) is 54.8 Å². The molecule has 7 nitrogen and oxygen atoms in total. The molecule has 0 N–H and O–H groups in total. The van der Waals surface area contributed by atoms with Crippen LogP contribution >= 0.6 is 23.4 Å². The SMILES string of the molecule is O=C(CSc1nnc(C2CCCCC2)o1)N1N=C(c2ccc(Cl)cc2)C[C@@H]1c1ccco1. The van der Waals surface area contributed by atoms with E-state index in [0.29, 0.717) is 34.2 Å². The summed E-state index contributed by atoms with van der Waals surface area (Å²) < 4.78 is 11.4. The molecule has 9 heteroatoms. The largest absolute Gasteiger partial charge is 0.467 e. The van der Waals surface area contributed by atoms with Gasteiger partial charge in [-0.3, -0.25) is 4.79 Å². The Morgan fingerprint density at radius 2 is 1.94 bits per heavy atom. The second-order valence-corrected chi connectivity index (χ2v) is 9.42. The molecule has 0 radical (unpaired) electrons. The van der Waals surface area contributed by atoms with Crippen LogP contribution in [0.3, 0.4) is 0 Å². The van der Waals surface area contributed by atoms with Gasteiger partial charge in [0.1, 0.15) is 11.8 Å². The highest BCUT2D eigenvalue weighted by Crippen LogP contribution is 2.35. The monoisotopic (exact) mass is 470 g/mol. The van der Waals surface area contributed by atoms with E-state index in [0.717, 1.165) is 24.1 Å². The summed E-state index contributed by atoms with van der Waals surface area (Å²) in [6.45, 7) is 0. The van der Waals surface area contributed by atoms with Crippen molar-refractivity contribution < 1.29 is 13.6 Å². The summed E-state index contributed by atoms with van der Waals surface area (Å²) >= 11 is 7.27. The summed E-state index contributed by atoms with van der Waals surface area (Å²) in [5.74, 6) is 1.75. The molecule has 32 heavy (non-hydrogen) atoms. The number of hydrogen-bond donors (Lipinski definition) is 0. The van der Waals surface area contributed by atoms with Crippen molar-refractivity contribution in [3.63, 3.8) is 0 Å². The third-order valence-corrected chi connectivity index (χ3v) is 6.97. The number of hydrogen-bond acceptors (Lipinski definition) is 7. The number of furan rings is 1. The Morgan fingerprint density at radius 1 is 1.12 bits per heavy atom. The van der Waals surface area contributed by atoms with Crippen molar-refractivity contribution in [2.24, 2.45) is 5.10 Å². The van der Waals surface area contributed by atoms with Gasteiger partial charge in [0.05, 0.1) is 17.7 Å². The Kier molecular flexibility index (Phi) is 6.32. The van der Waals surface area contributed by atoms with Crippen molar-refractivity contribution >= 4 is 35.0 Å². The molecule has 1 amide bonds. The summed E-state index contributed by atoms with van der Waals surface area (Å²) in [7, 11) is 0. The Morgan fingerprint density at radius 3 is 2.69 bits per heavy atom. The molecule has 3 aromatic rings. The van der Waals surface area contributed by atoms with Gasteiger partial charge >= 0.3 is 0 Å². The number of nitrogens with zero attached hydrogens (tertiary/aromatic N) is 4. The van der Waals surface area contributed by atoms with E-state index in [1.54, 1.807) is 6.26 Å². The average molecular weight is 471 g/mol. The fourth-order valence-corrected chi connectivity index (χ4v) is 4.99. The van der Waals surface area contributed by atoms with Crippen LogP contribution in [-0.2, 0) is 4.79 Å². The fraction of sp³-hybridized carbons (Fsp3) is 0.391. The Hall–Kier alpha value is -2.58. The Balaban J connectivity index is 1.29. The van der Waals surface area contributed by atoms with E-state index in [1.807, 2.05) is 36.4 Å². The van der Waals surface area contributed by atoms with E-state index >= 15 is 0 Å². The van der Waals surface area contributed by atoms with Gasteiger partial charge in [-0.15, -0.1) is 10.2 Å². The van der Waals surface area contributed by atoms with Crippen molar-refractivity contribution in [1.82, 2.24) is 15.2 Å². The molecule has 2 aromatic heterocycles. The third kappa shape index (κ3) is 4.61. The van der Waals surface area contributed by atoms with Crippen LogP contribution in [-0.4, -0.2) is 32.6 Å². The van der Waals surface area contributed by atoms with Gasteiger partial charge < -0.3 is 8.83 Å². The number of rotatable bonds is 6. The van der Waals surface area contributed by atoms with E-state index in [2.05, 4.69) is 15.3 Å². The van der Waals surface area contributed by atoms with E-state index < -0.39 is 0 Å². The third-order valence-electron chi connectivity index (χ3n) is 5.91. The zero-order valence-electron chi connectivity index (χ0n) is 17.4. The van der Waals surface area contributed by atoms with Crippen LogP contribution in [0.5, 0.6) is 0 Å². The number of hydrazone groups is 1. The van der Waals surface area contributed by atoms with E-state index in [-0.39, 0.29) is 17.7 Å². The van der Waals surface area contributed by atoms with Gasteiger partial charge in [-0.25, -0.2) is 5.01 Å². The Bertz CT molecular complexity index is 1090. The molecule has 0 unspecified atom stereocenters. The molecule has 0 spiro atoms. The molecule has 0 bridgehead atoms. The maximum absolute atomic E-state index is 13.1. The molecule has 5 rings (SSSR count). The first-order valence-electron chi connectivity index (χ1n) is 10.8. The highest BCUT2D eigenvalue weighted by molar-refractivity contribution is 7.99. The molecule has 1 saturated carbocycles. The number of carbonyl (C=O) groups excluding carboxylic acids is 1. The van der Waals surface area contributed by atoms with Gasteiger partial charge in [0, 0.05) is 17.4 Å². The molecular weight excluding hydrogens is 448 g/mol. The standard InChI is InChI=1S/C23H23ClN4O3S/c24-17-10-8-15(9-11-17)18-13-19(20-7-4-12-30-20)28(27-18)21(29)14-32-23-26-25-22(31-23)16-5-2-1-3-6-16/h4,7-12,16,19H,1-3,5-6,13-14H2/t19-/m1/s1. The minimum Gasteiger partial charge on any atom is -0.467 e. The molecule has 1 aromatic carbocycles. The van der Waals surface area contributed by atoms with Gasteiger partial charge in [0.2, 0.25) is 5.89 Å². The number of thioether (sulfide) groups is 1. The van der Waals surface area contributed by atoms with Crippen LogP contribution in [0.25, 0.3) is 0 Å². The Labute approximate surface area is 195 Å². The summed E-state index contributed by atoms with van der Waals surface area (Å²) in [5, 5.41) is 15.6. The fourth-order valence-electron chi connectivity index (χ4n) is 4.24. The average Bonchev–Trinajstić information content (AvgIpc) is 3.59. The molecular formula is C23H23ClN4O3S. The second-order valence-electron chi connectivity index (χ2n) is 8.06. The summed E-state index contributed by atoms with van der Waals surface area (Å²) in [5.41, 5.74) is 1.75. The van der Waals surface area contributed by atoms with Crippen molar-refractivity contribution in [2.75, 3.05) is 5.75 Å². The van der Waals surface area contributed by atoms with Crippen molar-refractivity contribution in [3.05, 3.63) is 64.9 Å². The number of halogens is 1. The molecule has 3 heterocycles. The van der Waals surface area contributed by atoms with Crippen LogP contribution in [0.2, 0.25) is 5.02 Å². The van der Waals surface area contributed by atoms with Crippen molar-refractivity contribution in [1.29, 1.82) is 0 Å². The second kappa shape index (κ2) is 9.50. The van der Waals surface area contributed by atoms with Crippen LogP contribution < -0.4 is 0 Å². The first-order valence-corrected chi connectivity index (χ1v) is 12.2. The van der Waals surface area contributed by atoms with Crippen LogP contribution in [0, 0.1) is 0 Å². The molecule has 1 fully saturated rings. The maximum atomic E-state index is 13.1. The summed E-state index contributed by atoms with van der Waals surface area (Å²) in [6, 6.07) is 10.9. The minimum absolute atomic E-state index is 0.141. The number of benzene rings is 1. The minimum atomic E-state index is -0.288. The van der Waals surface area contributed by atoms with Crippen LogP contribution in [0.1, 0.15) is 67.7 Å². The lowest BCUT2D eigenvalue weighted by Gasteiger charge is -2.19. The van der Waals surface area contributed by atoms with Crippen LogP contribution in [0.4, 0.5) is 0 Å². The van der Waals surface area contributed by atoms with E-state index in [1.165, 1.54) is 36.0 Å². The quantitative estimate of drug-likeness (QED) is 0.421. The predicted molar refractivity (Wildman–Crippen MR) is 122 cm³/mol. The van der Waals surface area contributed by atoms with Gasteiger partial charge in [0.15, 0.2) is 0 Å². The first-order chi connectivity index (χ1) is 15.7. The normalized spacial score (nSPS) is 19.3. The number of aromatic nitrogens is 2. The molecule has 2 aliphatic rings. The van der Waals surface area contributed by atoms with E-state index in [9.17, 15) is 4.79 Å². The lowest BCUT2D eigenvalue weighted by molar-refractivity contribution is -0.130. The predicted octanol–water partition coefficient (Wildman–Crippen LogP) is 5.83. The summed E-state index contributed by atoms with van der Waals surface area (Å²) in [4.78, 5) is 13.1. The first kappa shape index (κ1) is 21.3. The maximum Gasteiger partial charge on any atom is 0.277 e. The molecule has 1 atom stereocenters. The zero-order valence-corrected chi connectivity index (χ0v) is 19.0. The molecule has 166 valence electrons. The van der Waals surface area contributed by atoms with Gasteiger partial charge in [-0.05, 0) is 42.7 Å². The molecule has 1 aliphatic heterocycles. The van der Waals surface area contributed by atoms with Crippen molar-refractivity contribution in [2.45, 2.75) is 55.7 Å². The molecule has 0 saturated heterocycles. The molecule has 1 aliphatic carbocycles. The smallest absolute Gasteiger partial charge is 0.277 e. The number of carbonyl (C=O) groups is 1. The van der Waals surface area contributed by atoms with Gasteiger partial charge in [-0.2, -0.15) is 5.10 Å². The van der Waals surface area contributed by atoms with Crippen molar-refractivity contribution in [3.8, 4) is 0 Å². The van der Waals surface area contributed by atoms with Gasteiger partial charge in [0.25, 0.3) is 11.1 Å². The number of amides is 1. The summed E-state index contributed by atoms with van der Waals surface area (Å²) in [6.07, 6.45) is 8.02. The van der Waals surface area contributed by atoms with E-state index in [4.69, 9.17) is 20.4 Å². The lowest BCUT2D eigenvalue weighted by Crippen LogP contribution is -2.28.